The molecule has 0 amide bonds. The van der Waals surface area contributed by atoms with Gasteiger partial charge in [0, 0.05) is 43.9 Å². The third kappa shape index (κ3) is 8.06. The molecule has 0 N–H and O–H groups in total. The second-order valence-corrected chi connectivity index (χ2v) is 22.4. The van der Waals surface area contributed by atoms with E-state index in [0.29, 0.717) is 0 Å². The molecular formula is C72H60N2O. The van der Waals surface area contributed by atoms with Crippen LogP contribution < -0.4 is 4.90 Å². The van der Waals surface area contributed by atoms with Crippen LogP contribution in [-0.2, 0) is 10.8 Å². The number of para-hydroxylation sites is 5. The summed E-state index contributed by atoms with van der Waals surface area (Å²) in [4.78, 5) is 2.52. The third-order valence-electron chi connectivity index (χ3n) is 15.5. The van der Waals surface area contributed by atoms with Crippen molar-refractivity contribution in [1.82, 2.24) is 4.57 Å². The highest BCUT2D eigenvalue weighted by Gasteiger charge is 2.27. The molecule has 364 valence electrons. The summed E-state index contributed by atoms with van der Waals surface area (Å²) >= 11 is 0. The van der Waals surface area contributed by atoms with E-state index in [4.69, 9.17) is 4.42 Å². The minimum Gasteiger partial charge on any atom is -0.456 e. The Hall–Kier alpha value is -8.66. The highest BCUT2D eigenvalue weighted by atomic mass is 16.3. The lowest BCUT2D eigenvalue weighted by atomic mass is 9.78. The molecule has 0 aliphatic heterocycles. The number of allylic oxidation sites excluding steroid dienone is 4. The lowest BCUT2D eigenvalue weighted by molar-refractivity contribution is 0.569. The van der Waals surface area contributed by atoms with Crippen LogP contribution in [0.2, 0.25) is 0 Å². The van der Waals surface area contributed by atoms with Crippen LogP contribution >= 0.6 is 0 Å². The first-order valence-corrected chi connectivity index (χ1v) is 26.6. The molecular weight excluding hydrogens is 909 g/mol. The zero-order chi connectivity index (χ0) is 51.0. The van der Waals surface area contributed by atoms with Crippen molar-refractivity contribution in [3.63, 3.8) is 0 Å². The summed E-state index contributed by atoms with van der Waals surface area (Å²) in [6, 6.07) is 78.8. The molecule has 13 rings (SSSR count). The number of aromatic nitrogens is 1. The topological polar surface area (TPSA) is 21.3 Å². The van der Waals surface area contributed by atoms with E-state index in [0.717, 1.165) is 79.7 Å². The van der Waals surface area contributed by atoms with Crippen molar-refractivity contribution in [2.45, 2.75) is 65.2 Å². The molecule has 0 bridgehead atoms. The fourth-order valence-electron chi connectivity index (χ4n) is 11.6. The maximum absolute atomic E-state index is 6.56. The number of hydrogen-bond donors (Lipinski definition) is 0. The largest absolute Gasteiger partial charge is 0.456 e. The van der Waals surface area contributed by atoms with Crippen LogP contribution in [0, 0.1) is 0 Å². The second kappa shape index (κ2) is 18.1. The fourth-order valence-corrected chi connectivity index (χ4v) is 11.6. The fraction of sp³-hybridized carbons (Fsp3) is 0.139. The van der Waals surface area contributed by atoms with E-state index < -0.39 is 0 Å². The normalized spacial score (nSPS) is 13.1. The van der Waals surface area contributed by atoms with E-state index in [1.54, 1.807) is 0 Å². The van der Waals surface area contributed by atoms with Gasteiger partial charge in [-0.2, -0.15) is 0 Å². The number of fused-ring (bicyclic) bond motifs is 7. The van der Waals surface area contributed by atoms with Crippen molar-refractivity contribution in [2.24, 2.45) is 0 Å². The molecule has 0 saturated carbocycles. The molecule has 75 heavy (non-hydrogen) atoms. The number of hydrogen-bond acceptors (Lipinski definition) is 2. The molecule has 10 aromatic carbocycles. The lowest BCUT2D eigenvalue weighted by Gasteiger charge is -2.32. The molecule has 3 heteroatoms. The minimum absolute atomic E-state index is 0.0302. The Morgan fingerprint density at radius 1 is 0.400 bits per heavy atom. The van der Waals surface area contributed by atoms with Gasteiger partial charge in [-0.15, -0.1) is 0 Å². The Balaban J connectivity index is 1.07. The standard InChI is InChI=1S/C72H60N2O/c1-71(2,3)51-42-50(43-52(46-51)72(4,5)6)56-31-20-22-47-23-21-32-62(70(47)56)58-29-13-18-36-66(58)74(64-34-16-11-27-55(64)49-39-41-61-60-30-14-19-37-68(60)75-69(61)45-49)63-33-15-10-26-54(63)48-38-40-59-57-28-12-17-35-65(57)73(67(59)44-48)53-24-8-7-9-25-53/h8,10-46H,7,9H2,1-6H3. The van der Waals surface area contributed by atoms with Gasteiger partial charge in [0.25, 0.3) is 0 Å². The first-order valence-electron chi connectivity index (χ1n) is 26.6. The molecule has 12 aromatic rings. The van der Waals surface area contributed by atoms with Gasteiger partial charge in [-0.05, 0) is 128 Å². The third-order valence-corrected chi connectivity index (χ3v) is 15.5. The Morgan fingerprint density at radius 3 is 1.60 bits per heavy atom. The lowest BCUT2D eigenvalue weighted by Crippen LogP contribution is -2.16. The molecule has 0 unspecified atom stereocenters. The molecule has 0 saturated heterocycles. The number of furan rings is 1. The quantitative estimate of drug-likeness (QED) is 0.151. The minimum atomic E-state index is -0.0302. The summed E-state index contributed by atoms with van der Waals surface area (Å²) in [6.07, 6.45) is 9.07. The van der Waals surface area contributed by atoms with E-state index >= 15 is 0 Å². The van der Waals surface area contributed by atoms with Crippen LogP contribution in [0.5, 0.6) is 0 Å². The molecule has 0 atom stereocenters. The van der Waals surface area contributed by atoms with Crippen LogP contribution in [0.3, 0.4) is 0 Å². The second-order valence-electron chi connectivity index (χ2n) is 22.4. The van der Waals surface area contributed by atoms with Gasteiger partial charge in [-0.25, -0.2) is 0 Å². The first kappa shape index (κ1) is 46.1. The molecule has 2 aromatic heterocycles. The summed E-state index contributed by atoms with van der Waals surface area (Å²) in [6.45, 7) is 14.0. The van der Waals surface area contributed by atoms with Gasteiger partial charge in [0.1, 0.15) is 11.2 Å². The van der Waals surface area contributed by atoms with Gasteiger partial charge in [0.15, 0.2) is 0 Å². The monoisotopic (exact) mass is 968 g/mol. The molecule has 3 nitrogen and oxygen atoms in total. The Bertz CT molecular complexity index is 4240. The SMILES string of the molecule is CC(C)(C)c1cc(-c2cccc3cccc(-c4ccccc4N(c4ccccc4-c4ccc5c(c4)oc4ccccc45)c4ccccc4-c4ccc5c6ccccc6n(C6=CCCC=C6)c5c4)c23)cc(C(C)(C)C)c1. The molecule has 0 radical (unpaired) electrons. The summed E-state index contributed by atoms with van der Waals surface area (Å²) in [5.74, 6) is 0. The number of rotatable bonds is 8. The Morgan fingerprint density at radius 2 is 0.933 bits per heavy atom. The van der Waals surface area contributed by atoms with Crippen LogP contribution in [0.15, 0.2) is 235 Å². The zero-order valence-corrected chi connectivity index (χ0v) is 43.7. The Kier molecular flexibility index (Phi) is 11.1. The highest BCUT2D eigenvalue weighted by molar-refractivity contribution is 6.13. The van der Waals surface area contributed by atoms with Crippen molar-refractivity contribution >= 4 is 77.3 Å². The van der Waals surface area contributed by atoms with Crippen molar-refractivity contribution in [3.8, 4) is 44.5 Å². The van der Waals surface area contributed by atoms with Gasteiger partial charge >= 0.3 is 0 Å². The van der Waals surface area contributed by atoms with Crippen molar-refractivity contribution in [1.29, 1.82) is 0 Å². The summed E-state index contributed by atoms with van der Waals surface area (Å²) in [5.41, 5.74) is 20.5. The van der Waals surface area contributed by atoms with Crippen LogP contribution in [0.1, 0.15) is 65.5 Å². The van der Waals surface area contributed by atoms with Gasteiger partial charge < -0.3 is 13.9 Å². The van der Waals surface area contributed by atoms with E-state index in [-0.39, 0.29) is 10.8 Å². The van der Waals surface area contributed by atoms with Crippen molar-refractivity contribution < 1.29 is 4.42 Å². The maximum atomic E-state index is 6.56. The number of nitrogens with zero attached hydrogens (tertiary/aromatic N) is 2. The van der Waals surface area contributed by atoms with Crippen LogP contribution in [-0.4, -0.2) is 4.57 Å². The van der Waals surface area contributed by atoms with Crippen LogP contribution in [0.4, 0.5) is 17.1 Å². The van der Waals surface area contributed by atoms with Crippen molar-refractivity contribution in [2.75, 3.05) is 4.90 Å². The van der Waals surface area contributed by atoms with Gasteiger partial charge in [-0.1, -0.05) is 217 Å². The van der Waals surface area contributed by atoms with E-state index in [1.165, 1.54) is 66.1 Å². The molecule has 0 fully saturated rings. The molecule has 2 heterocycles. The molecule has 0 spiro atoms. The van der Waals surface area contributed by atoms with Gasteiger partial charge in [0.05, 0.1) is 28.1 Å². The first-order chi connectivity index (χ1) is 36.5. The van der Waals surface area contributed by atoms with E-state index in [2.05, 4.69) is 275 Å². The molecule has 1 aliphatic rings. The number of anilines is 3. The highest BCUT2D eigenvalue weighted by Crippen LogP contribution is 2.50. The number of benzene rings is 10. The van der Waals surface area contributed by atoms with Gasteiger partial charge in [-0.3, -0.25) is 0 Å². The summed E-state index contributed by atoms with van der Waals surface area (Å²) in [5, 5.41) is 7.18. The average Bonchev–Trinajstić information content (AvgIpc) is 4.00. The summed E-state index contributed by atoms with van der Waals surface area (Å²) < 4.78 is 9.03. The molecule has 1 aliphatic carbocycles. The predicted octanol–water partition coefficient (Wildman–Crippen LogP) is 20.8. The Labute approximate surface area is 440 Å². The van der Waals surface area contributed by atoms with E-state index in [9.17, 15) is 0 Å². The summed E-state index contributed by atoms with van der Waals surface area (Å²) in [7, 11) is 0. The average molecular weight is 969 g/mol. The van der Waals surface area contributed by atoms with Crippen molar-refractivity contribution in [3.05, 3.63) is 242 Å². The zero-order valence-electron chi connectivity index (χ0n) is 43.7. The van der Waals surface area contributed by atoms with Gasteiger partial charge in [0.2, 0.25) is 0 Å². The predicted molar refractivity (Wildman–Crippen MR) is 321 cm³/mol. The maximum Gasteiger partial charge on any atom is 0.136 e. The smallest absolute Gasteiger partial charge is 0.136 e. The van der Waals surface area contributed by atoms with E-state index in [1.807, 2.05) is 6.07 Å². The van der Waals surface area contributed by atoms with Crippen LogP contribution in [0.25, 0.3) is 105 Å².